The fourth-order valence-electron chi connectivity index (χ4n) is 2.78. The number of oxime groups is 1. The Balaban J connectivity index is 2.16. The monoisotopic (exact) mass is 301 g/mol. The third-order valence-corrected chi connectivity index (χ3v) is 3.80. The molecule has 0 aromatic heterocycles. The summed E-state index contributed by atoms with van der Waals surface area (Å²) in [5.74, 6) is 0.0275. The Morgan fingerprint density at radius 2 is 1.13 bits per heavy atom. The Hall–Kier alpha value is -2.87. The lowest BCUT2D eigenvalue weighted by atomic mass is 9.84. The van der Waals surface area contributed by atoms with E-state index >= 15 is 0 Å². The Labute approximate surface area is 137 Å². The summed E-state index contributed by atoms with van der Waals surface area (Å²) >= 11 is 0. The van der Waals surface area contributed by atoms with Crippen LogP contribution in [0.1, 0.15) is 22.6 Å². The van der Waals surface area contributed by atoms with Gasteiger partial charge in [0.05, 0.1) is 11.6 Å². The van der Waals surface area contributed by atoms with E-state index in [0.29, 0.717) is 0 Å². The second-order valence-corrected chi connectivity index (χ2v) is 5.28. The molecule has 0 atom stereocenters. The van der Waals surface area contributed by atoms with E-state index in [1.54, 1.807) is 7.11 Å². The molecule has 0 spiro atoms. The van der Waals surface area contributed by atoms with E-state index in [9.17, 15) is 0 Å². The molecular weight excluding hydrogens is 282 g/mol. The van der Waals surface area contributed by atoms with Gasteiger partial charge in [-0.3, -0.25) is 0 Å². The topological polar surface area (TPSA) is 21.6 Å². The second-order valence-electron chi connectivity index (χ2n) is 5.28. The lowest BCUT2D eigenvalue weighted by Gasteiger charge is -2.20. The van der Waals surface area contributed by atoms with Crippen LogP contribution < -0.4 is 0 Å². The molecule has 0 heterocycles. The molecule has 0 saturated carbocycles. The van der Waals surface area contributed by atoms with Crippen LogP contribution in [0, 0.1) is 0 Å². The maximum Gasteiger partial charge on any atom is 0.106 e. The smallest absolute Gasteiger partial charge is 0.106 e. The van der Waals surface area contributed by atoms with Gasteiger partial charge < -0.3 is 4.84 Å². The standard InChI is InChI=1S/C21H19NO/c1-23-22-21(19-15-9-4-10-16-19)20(17-11-5-2-6-12-17)18-13-7-3-8-14-18/h2-16,20H,1H3/b22-21+. The SMILES string of the molecule is CO/N=C(\c1ccccc1)C(c1ccccc1)c1ccccc1. The van der Waals surface area contributed by atoms with Crippen LogP contribution in [0.2, 0.25) is 0 Å². The van der Waals surface area contributed by atoms with Gasteiger partial charge in [-0.1, -0.05) is 96.2 Å². The molecule has 23 heavy (non-hydrogen) atoms. The molecule has 3 aromatic rings. The van der Waals surface area contributed by atoms with Gasteiger partial charge in [-0.05, 0) is 11.1 Å². The van der Waals surface area contributed by atoms with E-state index in [-0.39, 0.29) is 5.92 Å². The van der Waals surface area contributed by atoms with E-state index in [0.717, 1.165) is 11.3 Å². The van der Waals surface area contributed by atoms with Crippen molar-refractivity contribution in [1.82, 2.24) is 0 Å². The van der Waals surface area contributed by atoms with Gasteiger partial charge in [0.25, 0.3) is 0 Å². The summed E-state index contributed by atoms with van der Waals surface area (Å²) in [5.41, 5.74) is 4.36. The van der Waals surface area contributed by atoms with Crippen molar-refractivity contribution in [3.8, 4) is 0 Å². The molecule has 3 aromatic carbocycles. The maximum atomic E-state index is 5.17. The third kappa shape index (κ3) is 3.49. The summed E-state index contributed by atoms with van der Waals surface area (Å²) in [5, 5.41) is 4.36. The predicted octanol–water partition coefficient (Wildman–Crippen LogP) is 4.87. The minimum atomic E-state index is 0.0275. The second kappa shape index (κ2) is 7.41. The maximum absolute atomic E-state index is 5.17. The Bertz CT molecular complexity index is 712. The molecule has 0 aliphatic heterocycles. The zero-order valence-corrected chi connectivity index (χ0v) is 13.1. The average Bonchev–Trinajstić information content (AvgIpc) is 2.64. The number of rotatable bonds is 5. The molecule has 0 amide bonds. The van der Waals surface area contributed by atoms with Crippen molar-refractivity contribution in [2.24, 2.45) is 5.16 Å². The van der Waals surface area contributed by atoms with Crippen LogP contribution in [0.4, 0.5) is 0 Å². The van der Waals surface area contributed by atoms with Gasteiger partial charge in [-0.2, -0.15) is 0 Å². The van der Waals surface area contributed by atoms with Gasteiger partial charge in [0, 0.05) is 5.56 Å². The Morgan fingerprint density at radius 3 is 1.57 bits per heavy atom. The minimum absolute atomic E-state index is 0.0275. The first-order chi connectivity index (χ1) is 11.4. The van der Waals surface area contributed by atoms with Gasteiger partial charge in [0.15, 0.2) is 0 Å². The molecule has 2 heteroatoms. The van der Waals surface area contributed by atoms with Crippen molar-refractivity contribution in [3.05, 3.63) is 108 Å². The van der Waals surface area contributed by atoms with Crippen LogP contribution in [0.3, 0.4) is 0 Å². The largest absolute Gasteiger partial charge is 0.399 e. The van der Waals surface area contributed by atoms with Crippen LogP contribution in [-0.2, 0) is 4.84 Å². The highest BCUT2D eigenvalue weighted by atomic mass is 16.6. The highest BCUT2D eigenvalue weighted by molar-refractivity contribution is 6.06. The summed E-state index contributed by atoms with van der Waals surface area (Å²) in [4.78, 5) is 5.17. The molecular formula is C21H19NO. The molecule has 0 saturated heterocycles. The quantitative estimate of drug-likeness (QED) is 0.486. The van der Waals surface area contributed by atoms with Crippen molar-refractivity contribution >= 4 is 5.71 Å². The summed E-state index contributed by atoms with van der Waals surface area (Å²) in [6, 6.07) is 31.0. The van der Waals surface area contributed by atoms with Gasteiger partial charge in [-0.25, -0.2) is 0 Å². The summed E-state index contributed by atoms with van der Waals surface area (Å²) < 4.78 is 0. The lowest BCUT2D eigenvalue weighted by Crippen LogP contribution is -2.16. The van der Waals surface area contributed by atoms with Gasteiger partial charge in [0.1, 0.15) is 7.11 Å². The highest BCUT2D eigenvalue weighted by Gasteiger charge is 2.22. The number of benzene rings is 3. The summed E-state index contributed by atoms with van der Waals surface area (Å²) in [6.45, 7) is 0. The van der Waals surface area contributed by atoms with Gasteiger partial charge in [0.2, 0.25) is 0 Å². The predicted molar refractivity (Wildman–Crippen MR) is 94.7 cm³/mol. The summed E-state index contributed by atoms with van der Waals surface area (Å²) in [6.07, 6.45) is 0. The van der Waals surface area contributed by atoms with E-state index in [1.807, 2.05) is 30.3 Å². The van der Waals surface area contributed by atoms with Crippen molar-refractivity contribution in [2.75, 3.05) is 7.11 Å². The van der Waals surface area contributed by atoms with Crippen LogP contribution in [0.15, 0.2) is 96.2 Å². The Kier molecular flexibility index (Phi) is 4.85. The average molecular weight is 301 g/mol. The molecule has 0 N–H and O–H groups in total. The highest BCUT2D eigenvalue weighted by Crippen LogP contribution is 2.29. The van der Waals surface area contributed by atoms with E-state index in [4.69, 9.17) is 4.84 Å². The zero-order valence-electron chi connectivity index (χ0n) is 13.1. The number of hydrogen-bond acceptors (Lipinski definition) is 2. The molecule has 3 rings (SSSR count). The van der Waals surface area contributed by atoms with Crippen molar-refractivity contribution in [2.45, 2.75) is 5.92 Å². The number of nitrogens with zero attached hydrogens (tertiary/aromatic N) is 1. The molecule has 2 nitrogen and oxygen atoms in total. The fraction of sp³-hybridized carbons (Fsp3) is 0.0952. The fourth-order valence-corrected chi connectivity index (χ4v) is 2.78. The first-order valence-corrected chi connectivity index (χ1v) is 7.66. The van der Waals surface area contributed by atoms with E-state index in [1.165, 1.54) is 11.1 Å². The normalized spacial score (nSPS) is 11.5. The van der Waals surface area contributed by atoms with Gasteiger partial charge >= 0.3 is 0 Å². The molecule has 114 valence electrons. The van der Waals surface area contributed by atoms with Crippen molar-refractivity contribution < 1.29 is 4.84 Å². The first kappa shape index (κ1) is 15.0. The zero-order chi connectivity index (χ0) is 15.9. The van der Waals surface area contributed by atoms with E-state index in [2.05, 4.69) is 65.8 Å². The van der Waals surface area contributed by atoms with Crippen LogP contribution >= 0.6 is 0 Å². The number of hydrogen-bond donors (Lipinski definition) is 0. The molecule has 0 fully saturated rings. The molecule has 0 aliphatic carbocycles. The van der Waals surface area contributed by atoms with Crippen molar-refractivity contribution in [3.63, 3.8) is 0 Å². The minimum Gasteiger partial charge on any atom is -0.399 e. The summed E-state index contributed by atoms with van der Waals surface area (Å²) in [7, 11) is 1.59. The first-order valence-electron chi connectivity index (χ1n) is 7.66. The molecule has 0 bridgehead atoms. The van der Waals surface area contributed by atoms with Gasteiger partial charge in [-0.15, -0.1) is 0 Å². The van der Waals surface area contributed by atoms with Crippen LogP contribution in [-0.4, -0.2) is 12.8 Å². The van der Waals surface area contributed by atoms with Crippen LogP contribution in [0.5, 0.6) is 0 Å². The molecule has 0 unspecified atom stereocenters. The third-order valence-electron chi connectivity index (χ3n) is 3.80. The molecule has 0 radical (unpaired) electrons. The van der Waals surface area contributed by atoms with Crippen molar-refractivity contribution in [1.29, 1.82) is 0 Å². The van der Waals surface area contributed by atoms with Crippen LogP contribution in [0.25, 0.3) is 0 Å². The molecule has 0 aliphatic rings. The van der Waals surface area contributed by atoms with E-state index < -0.39 is 0 Å². The Morgan fingerprint density at radius 1 is 0.696 bits per heavy atom. The lowest BCUT2D eigenvalue weighted by molar-refractivity contribution is 0.212.